The minimum Gasteiger partial charge on any atom is -0.296 e. The van der Waals surface area contributed by atoms with E-state index in [1.807, 2.05) is 6.21 Å². The lowest BCUT2D eigenvalue weighted by molar-refractivity contribution is 1.20. The van der Waals surface area contributed by atoms with Gasteiger partial charge < -0.3 is 0 Å². The van der Waals surface area contributed by atoms with E-state index in [4.69, 9.17) is 0 Å². The summed E-state index contributed by atoms with van der Waals surface area (Å²) < 4.78 is 0. The maximum Gasteiger partial charge on any atom is 0.0277 e. The van der Waals surface area contributed by atoms with E-state index in [2.05, 4.69) is 24.9 Å². The molecule has 0 spiro atoms. The van der Waals surface area contributed by atoms with Crippen LogP contribution in [0.15, 0.2) is 16.6 Å². The zero-order valence-electron chi connectivity index (χ0n) is 5.81. The lowest BCUT2D eigenvalue weighted by Crippen LogP contribution is -1.74. The predicted octanol–water partition coefficient (Wildman–Crippen LogP) is 2.04. The maximum absolute atomic E-state index is 3.86. The lowest BCUT2D eigenvalue weighted by Gasteiger charge is -1.84. The molecule has 1 nitrogen and oxygen atoms in total. The summed E-state index contributed by atoms with van der Waals surface area (Å²) in [7, 11) is 1.78. The predicted molar refractivity (Wildman–Crippen MR) is 38.5 cm³/mol. The second-order valence-electron chi connectivity index (χ2n) is 1.74. The van der Waals surface area contributed by atoms with Gasteiger partial charge >= 0.3 is 0 Å². The van der Waals surface area contributed by atoms with Crippen molar-refractivity contribution >= 4 is 6.21 Å². The van der Waals surface area contributed by atoms with Crippen molar-refractivity contribution in [2.45, 2.75) is 20.3 Å². The Kier molecular flexibility index (Phi) is 4.23. The van der Waals surface area contributed by atoms with Crippen LogP contribution < -0.4 is 0 Å². The third kappa shape index (κ3) is 3.59. The minimum absolute atomic E-state index is 1.10. The van der Waals surface area contributed by atoms with Crippen LogP contribution in [0.4, 0.5) is 0 Å². The molecule has 0 amide bonds. The van der Waals surface area contributed by atoms with E-state index in [-0.39, 0.29) is 0 Å². The van der Waals surface area contributed by atoms with Gasteiger partial charge in [0.1, 0.15) is 0 Å². The standard InChI is InChI=1S/C7H13N/c1-4-5-7(2)6-8-3/h5-6H,4H2,1-3H3/b7-5+,8-6?. The Hall–Kier alpha value is -0.590. The first kappa shape index (κ1) is 7.41. The Bertz CT molecular complexity index is 101. The Balaban J connectivity index is 3.61. The smallest absolute Gasteiger partial charge is 0.0277 e. The molecule has 0 aromatic carbocycles. The van der Waals surface area contributed by atoms with Gasteiger partial charge in [-0.25, -0.2) is 0 Å². The largest absolute Gasteiger partial charge is 0.296 e. The van der Waals surface area contributed by atoms with Crippen molar-refractivity contribution in [1.29, 1.82) is 0 Å². The number of rotatable bonds is 2. The second-order valence-corrected chi connectivity index (χ2v) is 1.74. The molecule has 0 unspecified atom stereocenters. The molecule has 0 heterocycles. The first-order valence-corrected chi connectivity index (χ1v) is 2.90. The summed E-state index contributed by atoms with van der Waals surface area (Å²) in [5.41, 5.74) is 1.25. The fourth-order valence-electron chi connectivity index (χ4n) is 0.578. The van der Waals surface area contributed by atoms with Gasteiger partial charge in [-0.05, 0) is 18.9 Å². The minimum atomic E-state index is 1.10. The molecule has 0 aliphatic rings. The normalized spacial score (nSPS) is 13.1. The molecule has 0 radical (unpaired) electrons. The van der Waals surface area contributed by atoms with Crippen LogP contribution >= 0.6 is 0 Å². The maximum atomic E-state index is 3.86. The van der Waals surface area contributed by atoms with Gasteiger partial charge in [-0.3, -0.25) is 4.99 Å². The Labute approximate surface area is 51.1 Å². The molecule has 0 aromatic rings. The van der Waals surface area contributed by atoms with Crippen LogP contribution in [0.3, 0.4) is 0 Å². The van der Waals surface area contributed by atoms with Crippen LogP contribution in [0.1, 0.15) is 20.3 Å². The van der Waals surface area contributed by atoms with E-state index in [9.17, 15) is 0 Å². The molecule has 0 rings (SSSR count). The quantitative estimate of drug-likeness (QED) is 0.483. The highest BCUT2D eigenvalue weighted by Gasteiger charge is 1.75. The highest BCUT2D eigenvalue weighted by molar-refractivity contribution is 5.77. The number of allylic oxidation sites excluding steroid dienone is 2. The number of hydrogen-bond acceptors (Lipinski definition) is 1. The van der Waals surface area contributed by atoms with Crippen LogP contribution in [-0.2, 0) is 0 Å². The average Bonchev–Trinajstić information content (AvgIpc) is 1.68. The van der Waals surface area contributed by atoms with Crippen LogP contribution in [0.25, 0.3) is 0 Å². The van der Waals surface area contributed by atoms with Gasteiger partial charge in [-0.1, -0.05) is 13.0 Å². The van der Waals surface area contributed by atoms with Crippen LogP contribution in [-0.4, -0.2) is 13.3 Å². The highest BCUT2D eigenvalue weighted by atomic mass is 14.6. The van der Waals surface area contributed by atoms with Gasteiger partial charge in [0.25, 0.3) is 0 Å². The summed E-state index contributed by atoms with van der Waals surface area (Å²) in [5, 5.41) is 0. The van der Waals surface area contributed by atoms with Crippen LogP contribution in [0.5, 0.6) is 0 Å². The van der Waals surface area contributed by atoms with Crippen LogP contribution in [0, 0.1) is 0 Å². The van der Waals surface area contributed by atoms with E-state index in [1.54, 1.807) is 7.05 Å². The molecule has 46 valence electrons. The molecule has 0 saturated heterocycles. The summed E-state index contributed by atoms with van der Waals surface area (Å²) in [6, 6.07) is 0. The molecule has 1 heteroatoms. The fourth-order valence-corrected chi connectivity index (χ4v) is 0.578. The van der Waals surface area contributed by atoms with Crippen molar-refractivity contribution in [1.82, 2.24) is 0 Å². The van der Waals surface area contributed by atoms with Crippen molar-refractivity contribution in [3.8, 4) is 0 Å². The van der Waals surface area contributed by atoms with Crippen molar-refractivity contribution < 1.29 is 0 Å². The SMILES string of the molecule is CC/C=C(\C)C=NC. The average molecular weight is 111 g/mol. The molecular weight excluding hydrogens is 98.1 g/mol. The number of hydrogen-bond donors (Lipinski definition) is 0. The molecule has 0 saturated carbocycles. The Morgan fingerprint density at radius 1 is 1.62 bits per heavy atom. The summed E-state index contributed by atoms with van der Waals surface area (Å²) in [6.07, 6.45) is 5.11. The summed E-state index contributed by atoms with van der Waals surface area (Å²) in [4.78, 5) is 3.86. The van der Waals surface area contributed by atoms with Crippen molar-refractivity contribution in [2.75, 3.05) is 7.05 Å². The van der Waals surface area contributed by atoms with E-state index in [0.717, 1.165) is 6.42 Å². The summed E-state index contributed by atoms with van der Waals surface area (Å²) >= 11 is 0. The second kappa shape index (κ2) is 4.57. The van der Waals surface area contributed by atoms with E-state index in [0.29, 0.717) is 0 Å². The fraction of sp³-hybridized carbons (Fsp3) is 0.571. The molecule has 0 fully saturated rings. The van der Waals surface area contributed by atoms with Gasteiger partial charge in [0.2, 0.25) is 0 Å². The van der Waals surface area contributed by atoms with Crippen molar-refractivity contribution in [2.24, 2.45) is 4.99 Å². The zero-order chi connectivity index (χ0) is 6.41. The molecule has 8 heavy (non-hydrogen) atoms. The zero-order valence-corrected chi connectivity index (χ0v) is 5.81. The van der Waals surface area contributed by atoms with Gasteiger partial charge in [-0.15, -0.1) is 0 Å². The van der Waals surface area contributed by atoms with Gasteiger partial charge in [-0.2, -0.15) is 0 Å². The molecule has 0 atom stereocenters. The van der Waals surface area contributed by atoms with Gasteiger partial charge in [0.15, 0.2) is 0 Å². The van der Waals surface area contributed by atoms with E-state index < -0.39 is 0 Å². The van der Waals surface area contributed by atoms with Gasteiger partial charge in [0, 0.05) is 13.3 Å². The van der Waals surface area contributed by atoms with Crippen molar-refractivity contribution in [3.63, 3.8) is 0 Å². The molecule has 0 aromatic heterocycles. The molecule has 0 aliphatic heterocycles. The summed E-state index contributed by atoms with van der Waals surface area (Å²) in [5.74, 6) is 0. The Morgan fingerprint density at radius 2 is 2.25 bits per heavy atom. The molecule has 0 bridgehead atoms. The molecule has 0 aliphatic carbocycles. The third-order valence-electron chi connectivity index (χ3n) is 0.859. The molecule has 0 N–H and O–H groups in total. The monoisotopic (exact) mass is 111 g/mol. The molecular formula is C7H13N. The van der Waals surface area contributed by atoms with E-state index in [1.165, 1.54) is 5.57 Å². The third-order valence-corrected chi connectivity index (χ3v) is 0.859. The first-order valence-electron chi connectivity index (χ1n) is 2.90. The first-order chi connectivity index (χ1) is 3.81. The van der Waals surface area contributed by atoms with Crippen molar-refractivity contribution in [3.05, 3.63) is 11.6 Å². The highest BCUT2D eigenvalue weighted by Crippen LogP contribution is 1.88. The topological polar surface area (TPSA) is 12.4 Å². The van der Waals surface area contributed by atoms with E-state index >= 15 is 0 Å². The Morgan fingerprint density at radius 3 is 2.62 bits per heavy atom. The summed E-state index contributed by atoms with van der Waals surface area (Å²) in [6.45, 7) is 4.17. The number of nitrogens with zero attached hydrogens (tertiary/aromatic N) is 1. The van der Waals surface area contributed by atoms with Crippen LogP contribution in [0.2, 0.25) is 0 Å². The van der Waals surface area contributed by atoms with Gasteiger partial charge in [0.05, 0.1) is 0 Å². The lowest BCUT2D eigenvalue weighted by atomic mass is 10.3. The number of aliphatic imine (C=N–C) groups is 1.